The molecule has 2 heterocycles. The first-order valence-electron chi connectivity index (χ1n) is 6.57. The number of rotatable bonds is 6. The third-order valence-corrected chi connectivity index (χ3v) is 3.25. The van der Waals surface area contributed by atoms with Crippen molar-refractivity contribution >= 4 is 5.82 Å². The summed E-state index contributed by atoms with van der Waals surface area (Å²) < 4.78 is 12.0. The molecule has 4 N–H and O–H groups in total. The molecular formula is C13H19N3O5. The van der Waals surface area contributed by atoms with Gasteiger partial charge in [-0.1, -0.05) is 6.08 Å². The maximum atomic E-state index is 11.9. The normalized spacial score (nSPS) is 25.1. The number of anilines is 1. The second kappa shape index (κ2) is 6.81. The molecule has 8 nitrogen and oxygen atoms in total. The summed E-state index contributed by atoms with van der Waals surface area (Å²) in [6.45, 7) is 3.76. The van der Waals surface area contributed by atoms with Gasteiger partial charge in [-0.15, -0.1) is 6.58 Å². The lowest BCUT2D eigenvalue weighted by atomic mass is 10.2. The molecule has 3 atom stereocenters. The second-order valence-electron chi connectivity index (χ2n) is 4.76. The quantitative estimate of drug-likeness (QED) is 0.463. The molecule has 1 aliphatic rings. The number of aliphatic hydroxyl groups excluding tert-OH is 2. The third-order valence-electron chi connectivity index (χ3n) is 3.25. The van der Waals surface area contributed by atoms with Crippen LogP contribution >= 0.6 is 0 Å². The predicted molar refractivity (Wildman–Crippen MR) is 74.4 cm³/mol. The highest BCUT2D eigenvalue weighted by Crippen LogP contribution is 2.27. The summed E-state index contributed by atoms with van der Waals surface area (Å²) in [7, 11) is 0. The number of ether oxygens (including phenoxy) is 2. The lowest BCUT2D eigenvalue weighted by Crippen LogP contribution is -2.29. The van der Waals surface area contributed by atoms with E-state index in [1.165, 1.54) is 10.8 Å². The summed E-state index contributed by atoms with van der Waals surface area (Å²) in [5.74, 6) is 0.0950. The van der Waals surface area contributed by atoms with Gasteiger partial charge in [-0.25, -0.2) is 4.79 Å². The molecule has 0 spiro atoms. The van der Waals surface area contributed by atoms with Crippen molar-refractivity contribution in [1.29, 1.82) is 0 Å². The average molecular weight is 297 g/mol. The first kappa shape index (κ1) is 15.6. The summed E-state index contributed by atoms with van der Waals surface area (Å²) in [5.41, 5.74) is 5.66. The van der Waals surface area contributed by atoms with Crippen molar-refractivity contribution in [1.82, 2.24) is 9.55 Å². The minimum Gasteiger partial charge on any atom is -0.394 e. The Balaban J connectivity index is 2.21. The van der Waals surface area contributed by atoms with Gasteiger partial charge in [0.2, 0.25) is 0 Å². The largest absolute Gasteiger partial charge is 0.394 e. The molecule has 0 radical (unpaired) electrons. The van der Waals surface area contributed by atoms with Gasteiger partial charge in [-0.2, -0.15) is 4.98 Å². The fourth-order valence-electron chi connectivity index (χ4n) is 2.14. The van der Waals surface area contributed by atoms with Crippen LogP contribution in [-0.2, 0) is 16.1 Å². The molecule has 2 rings (SSSR count). The SMILES string of the molecule is C=CCOCc1cn([C@H]2C[C@@H](O)[C@@H](CO)O2)c(=O)nc1N. The van der Waals surface area contributed by atoms with Crippen LogP contribution in [0.2, 0.25) is 0 Å². The van der Waals surface area contributed by atoms with Crippen LogP contribution < -0.4 is 11.4 Å². The predicted octanol–water partition coefficient (Wildman–Crippen LogP) is -0.831. The first-order chi connectivity index (χ1) is 10.1. The van der Waals surface area contributed by atoms with Gasteiger partial charge in [0.15, 0.2) is 0 Å². The van der Waals surface area contributed by atoms with Crippen LogP contribution in [0.5, 0.6) is 0 Å². The van der Waals surface area contributed by atoms with Gasteiger partial charge in [-0.3, -0.25) is 4.57 Å². The van der Waals surface area contributed by atoms with E-state index in [1.54, 1.807) is 6.08 Å². The fourth-order valence-corrected chi connectivity index (χ4v) is 2.14. The van der Waals surface area contributed by atoms with Gasteiger partial charge in [0.05, 0.1) is 25.9 Å². The Morgan fingerprint density at radius 1 is 1.67 bits per heavy atom. The zero-order valence-electron chi connectivity index (χ0n) is 11.5. The summed E-state index contributed by atoms with van der Waals surface area (Å²) in [5, 5.41) is 18.8. The van der Waals surface area contributed by atoms with Crippen molar-refractivity contribution in [3.8, 4) is 0 Å². The summed E-state index contributed by atoms with van der Waals surface area (Å²) >= 11 is 0. The number of hydrogen-bond acceptors (Lipinski definition) is 7. The van der Waals surface area contributed by atoms with Crippen molar-refractivity contribution in [3.05, 3.63) is 34.9 Å². The summed E-state index contributed by atoms with van der Waals surface area (Å²) in [6, 6.07) is 0. The topological polar surface area (TPSA) is 120 Å². The van der Waals surface area contributed by atoms with Crippen molar-refractivity contribution in [2.75, 3.05) is 18.9 Å². The molecule has 116 valence electrons. The molecule has 1 aromatic rings. The fraction of sp³-hybridized carbons (Fsp3) is 0.538. The number of hydrogen-bond donors (Lipinski definition) is 3. The number of aliphatic hydroxyl groups is 2. The van der Waals surface area contributed by atoms with Crippen molar-refractivity contribution < 1.29 is 19.7 Å². The van der Waals surface area contributed by atoms with Crippen LogP contribution in [0.25, 0.3) is 0 Å². The second-order valence-corrected chi connectivity index (χ2v) is 4.76. The first-order valence-corrected chi connectivity index (χ1v) is 6.57. The van der Waals surface area contributed by atoms with Crippen LogP contribution in [0.3, 0.4) is 0 Å². The van der Waals surface area contributed by atoms with Crippen LogP contribution in [0.4, 0.5) is 5.82 Å². The van der Waals surface area contributed by atoms with E-state index in [2.05, 4.69) is 11.6 Å². The van der Waals surface area contributed by atoms with Crippen LogP contribution in [0.1, 0.15) is 18.2 Å². The number of aromatic nitrogens is 2. The maximum absolute atomic E-state index is 11.9. The molecule has 1 aromatic heterocycles. The zero-order chi connectivity index (χ0) is 15.4. The third kappa shape index (κ3) is 3.48. The minimum atomic E-state index is -0.829. The number of nitrogens with two attached hydrogens (primary N) is 1. The highest BCUT2D eigenvalue weighted by molar-refractivity contribution is 5.36. The Bertz CT molecular complexity index is 559. The Morgan fingerprint density at radius 2 is 2.43 bits per heavy atom. The summed E-state index contributed by atoms with van der Waals surface area (Å²) in [4.78, 5) is 15.6. The standard InChI is InChI=1S/C13H19N3O5/c1-2-3-20-7-8-5-16(13(19)15-12(8)14)11-4-9(18)10(6-17)21-11/h2,5,9-11,17-18H,1,3-4,6-7H2,(H2,14,15,19)/t9-,10-,11-/m1/s1. The van der Waals surface area contributed by atoms with E-state index in [9.17, 15) is 9.90 Å². The lowest BCUT2D eigenvalue weighted by Gasteiger charge is -2.16. The maximum Gasteiger partial charge on any atom is 0.351 e. The molecule has 0 amide bonds. The van der Waals surface area contributed by atoms with E-state index in [0.717, 1.165) is 0 Å². The molecule has 0 saturated carbocycles. The van der Waals surface area contributed by atoms with E-state index in [4.69, 9.17) is 20.3 Å². The lowest BCUT2D eigenvalue weighted by molar-refractivity contribution is -0.0460. The monoisotopic (exact) mass is 297 g/mol. The van der Waals surface area contributed by atoms with E-state index in [1.807, 2.05) is 0 Å². The highest BCUT2D eigenvalue weighted by atomic mass is 16.5. The van der Waals surface area contributed by atoms with E-state index in [0.29, 0.717) is 12.2 Å². The van der Waals surface area contributed by atoms with Gasteiger partial charge in [0, 0.05) is 18.2 Å². The Labute approximate surface area is 121 Å². The average Bonchev–Trinajstić information content (AvgIpc) is 2.82. The molecule has 0 unspecified atom stereocenters. The molecule has 0 aliphatic carbocycles. The van der Waals surface area contributed by atoms with Crippen LogP contribution in [0.15, 0.2) is 23.6 Å². The van der Waals surface area contributed by atoms with Gasteiger partial charge in [-0.05, 0) is 0 Å². The summed E-state index contributed by atoms with van der Waals surface area (Å²) in [6.07, 6.45) is 1.08. The molecular weight excluding hydrogens is 278 g/mol. The molecule has 21 heavy (non-hydrogen) atoms. The van der Waals surface area contributed by atoms with E-state index in [-0.39, 0.29) is 25.5 Å². The van der Waals surface area contributed by atoms with Gasteiger partial charge < -0.3 is 25.4 Å². The van der Waals surface area contributed by atoms with Crippen LogP contribution in [0, 0.1) is 0 Å². The van der Waals surface area contributed by atoms with E-state index >= 15 is 0 Å². The van der Waals surface area contributed by atoms with Crippen molar-refractivity contribution in [2.45, 2.75) is 31.5 Å². The molecule has 1 saturated heterocycles. The molecule has 8 heteroatoms. The molecule has 1 aliphatic heterocycles. The highest BCUT2D eigenvalue weighted by Gasteiger charge is 2.35. The van der Waals surface area contributed by atoms with Crippen LogP contribution in [-0.4, -0.2) is 45.2 Å². The minimum absolute atomic E-state index is 0.0950. The number of nitrogen functional groups attached to an aromatic ring is 1. The zero-order valence-corrected chi connectivity index (χ0v) is 11.5. The van der Waals surface area contributed by atoms with Gasteiger partial charge >= 0.3 is 5.69 Å². The molecule has 1 fully saturated rings. The van der Waals surface area contributed by atoms with Crippen molar-refractivity contribution in [3.63, 3.8) is 0 Å². The smallest absolute Gasteiger partial charge is 0.351 e. The molecule has 0 bridgehead atoms. The van der Waals surface area contributed by atoms with Gasteiger partial charge in [0.25, 0.3) is 0 Å². The number of nitrogens with zero attached hydrogens (tertiary/aromatic N) is 2. The Morgan fingerprint density at radius 3 is 3.05 bits per heavy atom. The Kier molecular flexibility index (Phi) is 5.07. The Hall–Kier alpha value is -1.74. The van der Waals surface area contributed by atoms with Crippen molar-refractivity contribution in [2.24, 2.45) is 0 Å². The van der Waals surface area contributed by atoms with Gasteiger partial charge in [0.1, 0.15) is 18.1 Å². The molecule has 0 aromatic carbocycles. The van der Waals surface area contributed by atoms with E-state index < -0.39 is 24.1 Å².